The minimum Gasteiger partial charge on any atom is -0.361 e. The second-order valence-electron chi connectivity index (χ2n) is 14.4. The van der Waals surface area contributed by atoms with E-state index in [1.165, 1.54) is 22.3 Å². The summed E-state index contributed by atoms with van der Waals surface area (Å²) in [5, 5.41) is 0. The zero-order valence-corrected chi connectivity index (χ0v) is 25.9. The molecule has 4 rings (SSSR count). The summed E-state index contributed by atoms with van der Waals surface area (Å²) in [6.45, 7) is 23.9. The largest absolute Gasteiger partial charge is 0.361 e. The lowest BCUT2D eigenvalue weighted by molar-refractivity contribution is -0.0661. The van der Waals surface area contributed by atoms with E-state index in [-0.39, 0.29) is 28.8 Å². The molecule has 2 aromatic carbocycles. The van der Waals surface area contributed by atoms with Gasteiger partial charge in [-0.2, -0.15) is 0 Å². The first-order valence-corrected chi connectivity index (χ1v) is 15.2. The fourth-order valence-electron chi connectivity index (χ4n) is 6.33. The molecule has 2 fully saturated rings. The van der Waals surface area contributed by atoms with E-state index in [0.717, 1.165) is 45.3 Å². The van der Waals surface area contributed by atoms with Crippen molar-refractivity contribution in [2.24, 2.45) is 0 Å². The Hall–Kier alpha value is -1.94. The number of rotatable bonds is 10. The number of benzene rings is 2. The van der Waals surface area contributed by atoms with Gasteiger partial charge in [-0.15, -0.1) is 6.58 Å². The first-order chi connectivity index (χ1) is 18.3. The highest BCUT2D eigenvalue weighted by atomic mass is 16.6. The molecular weight excluding hydrogens is 478 g/mol. The van der Waals surface area contributed by atoms with Crippen molar-refractivity contribution in [3.05, 3.63) is 83.4 Å². The molecule has 0 saturated carbocycles. The minimum absolute atomic E-state index is 0.0632. The van der Waals surface area contributed by atoms with E-state index in [4.69, 9.17) is 9.47 Å². The average Bonchev–Trinajstić information content (AvgIpc) is 3.42. The van der Waals surface area contributed by atoms with E-state index in [9.17, 15) is 0 Å². The predicted molar refractivity (Wildman–Crippen MR) is 164 cm³/mol. The number of ether oxygens (including phenoxy) is 2. The highest BCUT2D eigenvalue weighted by Crippen LogP contribution is 2.43. The number of hydrogen-bond donors (Lipinski definition) is 0. The van der Waals surface area contributed by atoms with Crippen LogP contribution in [0.25, 0.3) is 0 Å². The van der Waals surface area contributed by atoms with Gasteiger partial charge in [0.2, 0.25) is 0 Å². The Kier molecular flexibility index (Phi) is 9.15. The molecule has 3 nitrogen and oxygen atoms in total. The summed E-state index contributed by atoms with van der Waals surface area (Å²) in [4.78, 5) is 2.58. The van der Waals surface area contributed by atoms with Gasteiger partial charge in [-0.1, -0.05) is 110 Å². The standard InChI is InChI=1S/C36H53NO2/c1-10-23-36-24-38-32(21-11-26(2)28-13-17-30(18-14-28)34(4,5)6)37(36)33(39-25-36)22-12-27(3)29-15-19-31(20-16-29)35(7,8)9/h10,13-20,26-27,32-33H,1,11-12,21-25H2,2-9H3. The first-order valence-electron chi connectivity index (χ1n) is 15.2. The van der Waals surface area contributed by atoms with Crippen molar-refractivity contribution in [2.45, 2.75) is 128 Å². The molecule has 0 bridgehead atoms. The van der Waals surface area contributed by atoms with Gasteiger partial charge in [0.05, 0.1) is 18.8 Å². The second-order valence-corrected chi connectivity index (χ2v) is 14.4. The topological polar surface area (TPSA) is 21.7 Å². The third-order valence-electron chi connectivity index (χ3n) is 9.17. The molecule has 0 aliphatic carbocycles. The summed E-state index contributed by atoms with van der Waals surface area (Å²) >= 11 is 0. The maximum Gasteiger partial charge on any atom is 0.113 e. The van der Waals surface area contributed by atoms with Crippen LogP contribution in [-0.2, 0) is 20.3 Å². The van der Waals surface area contributed by atoms with Crippen molar-refractivity contribution >= 4 is 0 Å². The lowest BCUT2D eigenvalue weighted by Gasteiger charge is -2.34. The third kappa shape index (κ3) is 6.87. The van der Waals surface area contributed by atoms with Gasteiger partial charge in [-0.05, 0) is 77.0 Å². The van der Waals surface area contributed by atoms with Crippen LogP contribution >= 0.6 is 0 Å². The van der Waals surface area contributed by atoms with Crippen LogP contribution in [0.2, 0.25) is 0 Å². The molecule has 4 unspecified atom stereocenters. The molecule has 0 amide bonds. The van der Waals surface area contributed by atoms with Crippen molar-refractivity contribution in [3.63, 3.8) is 0 Å². The lowest BCUT2D eigenvalue weighted by Crippen LogP contribution is -2.48. The average molecular weight is 532 g/mol. The molecule has 0 radical (unpaired) electrons. The van der Waals surface area contributed by atoms with Crippen molar-refractivity contribution in [1.29, 1.82) is 0 Å². The maximum absolute atomic E-state index is 6.49. The monoisotopic (exact) mass is 531 g/mol. The van der Waals surface area contributed by atoms with Crippen LogP contribution in [0.4, 0.5) is 0 Å². The van der Waals surface area contributed by atoms with E-state index in [0.29, 0.717) is 11.8 Å². The molecule has 2 heterocycles. The smallest absolute Gasteiger partial charge is 0.113 e. The van der Waals surface area contributed by atoms with E-state index in [1.54, 1.807) is 0 Å². The summed E-state index contributed by atoms with van der Waals surface area (Å²) in [7, 11) is 0. The van der Waals surface area contributed by atoms with Crippen LogP contribution < -0.4 is 0 Å². The summed E-state index contributed by atoms with van der Waals surface area (Å²) < 4.78 is 13.0. The normalized spacial score (nSPS) is 25.4. The molecule has 2 aliphatic heterocycles. The van der Waals surface area contributed by atoms with Crippen LogP contribution in [0.1, 0.15) is 122 Å². The summed E-state index contributed by atoms with van der Waals surface area (Å²) in [5.41, 5.74) is 5.92. The summed E-state index contributed by atoms with van der Waals surface area (Å²) in [6, 6.07) is 18.5. The maximum atomic E-state index is 6.49. The van der Waals surface area contributed by atoms with Crippen molar-refractivity contribution in [1.82, 2.24) is 4.90 Å². The Balaban J connectivity index is 1.38. The van der Waals surface area contributed by atoms with Gasteiger partial charge in [0.25, 0.3) is 0 Å². The Morgan fingerprint density at radius 2 is 1.15 bits per heavy atom. The van der Waals surface area contributed by atoms with E-state index in [2.05, 4.69) is 115 Å². The molecule has 2 saturated heterocycles. The summed E-state index contributed by atoms with van der Waals surface area (Å²) in [5.74, 6) is 0.991. The van der Waals surface area contributed by atoms with Gasteiger partial charge in [0, 0.05) is 0 Å². The Morgan fingerprint density at radius 1 is 0.769 bits per heavy atom. The SMILES string of the molecule is C=CCC12COC(CCC(C)c3ccc(C(C)(C)C)cc3)N1C(CCC(C)c1ccc(C(C)(C)C)cc1)OC2. The van der Waals surface area contributed by atoms with E-state index >= 15 is 0 Å². The molecule has 39 heavy (non-hydrogen) atoms. The zero-order valence-electron chi connectivity index (χ0n) is 25.9. The second kappa shape index (κ2) is 11.9. The first kappa shape index (κ1) is 30.0. The lowest BCUT2D eigenvalue weighted by atomic mass is 9.85. The molecular formula is C36H53NO2. The molecule has 0 aromatic heterocycles. The van der Waals surface area contributed by atoms with Crippen LogP contribution in [0.15, 0.2) is 61.2 Å². The number of nitrogens with zero attached hydrogens (tertiary/aromatic N) is 1. The Morgan fingerprint density at radius 3 is 1.49 bits per heavy atom. The predicted octanol–water partition coefficient (Wildman–Crippen LogP) is 9.08. The quantitative estimate of drug-likeness (QED) is 0.285. The van der Waals surface area contributed by atoms with Gasteiger partial charge >= 0.3 is 0 Å². The van der Waals surface area contributed by atoms with Crippen LogP contribution in [-0.4, -0.2) is 36.1 Å². The highest BCUT2D eigenvalue weighted by molar-refractivity contribution is 5.30. The highest BCUT2D eigenvalue weighted by Gasteiger charge is 2.54. The van der Waals surface area contributed by atoms with E-state index in [1.807, 2.05) is 6.08 Å². The van der Waals surface area contributed by atoms with E-state index < -0.39 is 0 Å². The fraction of sp³-hybridized carbons (Fsp3) is 0.611. The van der Waals surface area contributed by atoms with Crippen molar-refractivity contribution in [2.75, 3.05) is 13.2 Å². The van der Waals surface area contributed by atoms with Gasteiger partial charge in [0.1, 0.15) is 12.5 Å². The van der Waals surface area contributed by atoms with Gasteiger partial charge in [0.15, 0.2) is 0 Å². The molecule has 2 aliphatic rings. The van der Waals surface area contributed by atoms with Gasteiger partial charge in [-0.25, -0.2) is 4.90 Å². The molecule has 3 heteroatoms. The molecule has 0 N–H and O–H groups in total. The zero-order chi connectivity index (χ0) is 28.4. The van der Waals surface area contributed by atoms with Gasteiger partial charge in [-0.3, -0.25) is 0 Å². The minimum atomic E-state index is -0.0632. The fourth-order valence-corrected chi connectivity index (χ4v) is 6.33. The molecule has 214 valence electrons. The van der Waals surface area contributed by atoms with Crippen molar-refractivity contribution in [3.8, 4) is 0 Å². The molecule has 0 spiro atoms. The number of fused-ring (bicyclic) bond motifs is 1. The summed E-state index contributed by atoms with van der Waals surface area (Å²) in [6.07, 6.45) is 7.41. The number of hydrogen-bond acceptors (Lipinski definition) is 3. The van der Waals surface area contributed by atoms with Crippen LogP contribution in [0.3, 0.4) is 0 Å². The Labute approximate surface area is 239 Å². The third-order valence-corrected chi connectivity index (χ3v) is 9.17. The van der Waals surface area contributed by atoms with Crippen LogP contribution in [0, 0.1) is 0 Å². The van der Waals surface area contributed by atoms with Crippen molar-refractivity contribution < 1.29 is 9.47 Å². The molecule has 4 atom stereocenters. The van der Waals surface area contributed by atoms with Crippen LogP contribution in [0.5, 0.6) is 0 Å². The molecule has 2 aromatic rings. The van der Waals surface area contributed by atoms with Gasteiger partial charge < -0.3 is 9.47 Å². The Bertz CT molecular complexity index is 994.